The number of rotatable bonds is 2. The third-order valence-corrected chi connectivity index (χ3v) is 3.27. The van der Waals surface area contributed by atoms with Gasteiger partial charge in [-0.2, -0.15) is 0 Å². The van der Waals surface area contributed by atoms with Crippen molar-refractivity contribution < 1.29 is 0 Å². The summed E-state index contributed by atoms with van der Waals surface area (Å²) in [5.74, 6) is 0. The maximum Gasteiger partial charge on any atom is 0.137 e. The van der Waals surface area contributed by atoms with E-state index < -0.39 is 0 Å². The molecule has 1 saturated heterocycles. The van der Waals surface area contributed by atoms with Gasteiger partial charge in [0.2, 0.25) is 0 Å². The molecule has 3 nitrogen and oxygen atoms in total. The summed E-state index contributed by atoms with van der Waals surface area (Å²) in [7, 11) is 0. The van der Waals surface area contributed by atoms with Gasteiger partial charge < -0.3 is 4.40 Å². The number of hydrogen-bond acceptors (Lipinski definition) is 2. The average Bonchev–Trinajstić information content (AvgIpc) is 2.86. The number of likely N-dealkylation sites (tertiary alicyclic amines) is 1. The zero-order valence-corrected chi connectivity index (χ0v) is 9.82. The third kappa shape index (κ3) is 1.93. The molecule has 0 atom stereocenters. The quantitative estimate of drug-likeness (QED) is 0.798. The van der Waals surface area contributed by atoms with E-state index >= 15 is 0 Å². The molecule has 3 heterocycles. The van der Waals surface area contributed by atoms with Crippen LogP contribution in [0.15, 0.2) is 24.5 Å². The molecule has 2 aromatic rings. The fraction of sp³-hybridized carbons (Fsp3) is 0.417. The fourth-order valence-electron chi connectivity index (χ4n) is 2.26. The van der Waals surface area contributed by atoms with Crippen molar-refractivity contribution in [3.63, 3.8) is 0 Å². The van der Waals surface area contributed by atoms with Gasteiger partial charge in [0.15, 0.2) is 0 Å². The molecule has 0 spiro atoms. The van der Waals surface area contributed by atoms with Crippen molar-refractivity contribution in [3.8, 4) is 0 Å². The lowest BCUT2D eigenvalue weighted by Gasteiger charge is -2.11. The van der Waals surface area contributed by atoms with Crippen LogP contribution in [0.4, 0.5) is 0 Å². The number of hydrogen-bond donors (Lipinski definition) is 0. The van der Waals surface area contributed by atoms with Crippen molar-refractivity contribution in [2.75, 3.05) is 13.1 Å². The molecule has 0 amide bonds. The molecule has 0 N–H and O–H groups in total. The predicted octanol–water partition coefficient (Wildman–Crippen LogP) is 2.58. The van der Waals surface area contributed by atoms with Gasteiger partial charge in [0.1, 0.15) is 5.65 Å². The zero-order chi connectivity index (χ0) is 11.0. The van der Waals surface area contributed by atoms with Gasteiger partial charge in [0.05, 0.1) is 10.7 Å². The molecule has 0 aliphatic carbocycles. The summed E-state index contributed by atoms with van der Waals surface area (Å²) in [6.45, 7) is 3.36. The highest BCUT2D eigenvalue weighted by atomic mass is 35.5. The highest BCUT2D eigenvalue weighted by molar-refractivity contribution is 6.30. The molecule has 2 aromatic heterocycles. The minimum Gasteiger partial charge on any atom is -0.305 e. The van der Waals surface area contributed by atoms with Crippen LogP contribution in [0.3, 0.4) is 0 Å². The van der Waals surface area contributed by atoms with Crippen LogP contribution in [-0.2, 0) is 6.54 Å². The molecule has 0 radical (unpaired) electrons. The first-order valence-electron chi connectivity index (χ1n) is 5.67. The van der Waals surface area contributed by atoms with Crippen molar-refractivity contribution in [1.82, 2.24) is 14.3 Å². The van der Waals surface area contributed by atoms with Crippen LogP contribution in [0.25, 0.3) is 5.65 Å². The first-order chi connectivity index (χ1) is 7.81. The van der Waals surface area contributed by atoms with E-state index in [1.165, 1.54) is 25.9 Å². The van der Waals surface area contributed by atoms with Crippen molar-refractivity contribution in [2.45, 2.75) is 19.4 Å². The Balaban J connectivity index is 1.86. The molecule has 84 valence electrons. The van der Waals surface area contributed by atoms with E-state index in [0.717, 1.165) is 22.9 Å². The second kappa shape index (κ2) is 4.07. The maximum atomic E-state index is 5.94. The van der Waals surface area contributed by atoms with E-state index in [0.29, 0.717) is 0 Å². The lowest BCUT2D eigenvalue weighted by atomic mass is 10.4. The van der Waals surface area contributed by atoms with Gasteiger partial charge in [-0.05, 0) is 38.1 Å². The van der Waals surface area contributed by atoms with E-state index in [-0.39, 0.29) is 0 Å². The minimum atomic E-state index is 0.748. The molecule has 0 aromatic carbocycles. The van der Waals surface area contributed by atoms with E-state index in [2.05, 4.69) is 16.1 Å². The van der Waals surface area contributed by atoms with Crippen LogP contribution in [-0.4, -0.2) is 27.4 Å². The summed E-state index contributed by atoms with van der Waals surface area (Å²) in [6.07, 6.45) is 6.61. The second-order valence-electron chi connectivity index (χ2n) is 4.33. The van der Waals surface area contributed by atoms with Gasteiger partial charge in [-0.25, -0.2) is 4.98 Å². The SMILES string of the molecule is Clc1ccc2nc(CN3CCCC3)cn2c1. The number of nitrogens with zero attached hydrogens (tertiary/aromatic N) is 3. The first kappa shape index (κ1) is 10.1. The first-order valence-corrected chi connectivity index (χ1v) is 6.04. The standard InChI is InChI=1S/C12H14ClN3/c13-10-3-4-12-14-11(9-16(12)7-10)8-15-5-1-2-6-15/h3-4,7,9H,1-2,5-6,8H2. The Labute approximate surface area is 99.7 Å². The summed E-state index contributed by atoms with van der Waals surface area (Å²) in [5.41, 5.74) is 2.10. The van der Waals surface area contributed by atoms with Gasteiger partial charge >= 0.3 is 0 Å². The predicted molar refractivity (Wildman–Crippen MR) is 64.7 cm³/mol. The van der Waals surface area contributed by atoms with Crippen LogP contribution in [0, 0.1) is 0 Å². The molecular formula is C12H14ClN3. The Morgan fingerprint density at radius 2 is 2.00 bits per heavy atom. The van der Waals surface area contributed by atoms with E-state index in [1.54, 1.807) is 0 Å². The van der Waals surface area contributed by atoms with Crippen molar-refractivity contribution in [1.29, 1.82) is 0 Å². The van der Waals surface area contributed by atoms with Crippen molar-refractivity contribution >= 4 is 17.2 Å². The lowest BCUT2D eigenvalue weighted by molar-refractivity contribution is 0.328. The van der Waals surface area contributed by atoms with Crippen LogP contribution in [0.5, 0.6) is 0 Å². The second-order valence-corrected chi connectivity index (χ2v) is 4.76. The fourth-order valence-corrected chi connectivity index (χ4v) is 2.43. The molecule has 16 heavy (non-hydrogen) atoms. The molecule has 1 aliphatic heterocycles. The number of imidazole rings is 1. The van der Waals surface area contributed by atoms with Crippen LogP contribution in [0.2, 0.25) is 5.02 Å². The molecule has 0 saturated carbocycles. The molecular weight excluding hydrogens is 222 g/mol. The summed E-state index contributed by atoms with van der Waals surface area (Å²) in [4.78, 5) is 7.03. The molecule has 0 bridgehead atoms. The van der Waals surface area contributed by atoms with Crippen molar-refractivity contribution in [3.05, 3.63) is 35.2 Å². The number of fused-ring (bicyclic) bond motifs is 1. The number of aromatic nitrogens is 2. The topological polar surface area (TPSA) is 20.5 Å². The van der Waals surface area contributed by atoms with Crippen LogP contribution in [0.1, 0.15) is 18.5 Å². The number of pyridine rings is 1. The molecule has 0 unspecified atom stereocenters. The van der Waals surface area contributed by atoms with Gasteiger partial charge in [0.25, 0.3) is 0 Å². The van der Waals surface area contributed by atoms with Crippen molar-refractivity contribution in [2.24, 2.45) is 0 Å². The van der Waals surface area contributed by atoms with Gasteiger partial charge in [-0.15, -0.1) is 0 Å². The molecule has 1 fully saturated rings. The zero-order valence-electron chi connectivity index (χ0n) is 9.06. The largest absolute Gasteiger partial charge is 0.305 e. The van der Waals surface area contributed by atoms with E-state index in [1.807, 2.05) is 22.7 Å². The van der Waals surface area contributed by atoms with Gasteiger partial charge in [-0.1, -0.05) is 11.6 Å². The van der Waals surface area contributed by atoms with Gasteiger partial charge in [0, 0.05) is 18.9 Å². The van der Waals surface area contributed by atoms with Gasteiger partial charge in [-0.3, -0.25) is 4.90 Å². The molecule has 4 heteroatoms. The van der Waals surface area contributed by atoms with Crippen LogP contribution < -0.4 is 0 Å². The summed E-state index contributed by atoms with van der Waals surface area (Å²) < 4.78 is 1.99. The Kier molecular flexibility index (Phi) is 2.58. The Hall–Kier alpha value is -1.06. The molecule has 3 rings (SSSR count). The van der Waals surface area contributed by atoms with Crippen LogP contribution >= 0.6 is 11.6 Å². The smallest absolute Gasteiger partial charge is 0.137 e. The summed E-state index contributed by atoms with van der Waals surface area (Å²) in [6, 6.07) is 3.83. The summed E-state index contributed by atoms with van der Waals surface area (Å²) >= 11 is 5.94. The van der Waals surface area contributed by atoms with E-state index in [9.17, 15) is 0 Å². The highest BCUT2D eigenvalue weighted by Crippen LogP contribution is 2.15. The maximum absolute atomic E-state index is 5.94. The monoisotopic (exact) mass is 235 g/mol. The normalized spacial score (nSPS) is 17.3. The summed E-state index contributed by atoms with van der Waals surface area (Å²) in [5, 5.41) is 0.748. The Bertz CT molecular complexity index is 500. The highest BCUT2D eigenvalue weighted by Gasteiger charge is 2.13. The average molecular weight is 236 g/mol. The Morgan fingerprint density at radius 3 is 2.81 bits per heavy atom. The number of halogens is 1. The third-order valence-electron chi connectivity index (χ3n) is 3.05. The van der Waals surface area contributed by atoms with E-state index in [4.69, 9.17) is 11.6 Å². The Morgan fingerprint density at radius 1 is 1.19 bits per heavy atom. The minimum absolute atomic E-state index is 0.748. The lowest BCUT2D eigenvalue weighted by Crippen LogP contribution is -2.18. The molecule has 1 aliphatic rings.